The minimum atomic E-state index is -3.70. The van der Waals surface area contributed by atoms with Crippen LogP contribution >= 0.6 is 11.8 Å². The number of methoxy groups -OCH3 is 2. The Morgan fingerprint density at radius 2 is 2.00 bits per heavy atom. The maximum Gasteiger partial charge on any atom is 0.248 e. The molecule has 0 saturated carbocycles. The summed E-state index contributed by atoms with van der Waals surface area (Å²) in [4.78, 5) is 0.304. The molecule has 9 heteroatoms. The van der Waals surface area contributed by atoms with Crippen LogP contribution in [0.1, 0.15) is 29.2 Å². The molecule has 1 saturated heterocycles. The van der Waals surface area contributed by atoms with Gasteiger partial charge in [-0.1, -0.05) is 0 Å². The van der Waals surface area contributed by atoms with Gasteiger partial charge >= 0.3 is 0 Å². The summed E-state index contributed by atoms with van der Waals surface area (Å²) in [5, 5.41) is 4.01. The van der Waals surface area contributed by atoms with Gasteiger partial charge in [0.2, 0.25) is 10.0 Å². The van der Waals surface area contributed by atoms with Gasteiger partial charge in [0.05, 0.1) is 31.0 Å². The highest BCUT2D eigenvalue weighted by Crippen LogP contribution is 2.46. The van der Waals surface area contributed by atoms with E-state index in [1.807, 2.05) is 19.1 Å². The summed E-state index contributed by atoms with van der Waals surface area (Å²) in [6.07, 6.45) is 0. The minimum Gasteiger partial charge on any atom is -0.497 e. The summed E-state index contributed by atoms with van der Waals surface area (Å²) in [5.41, 5.74) is 1.99. The van der Waals surface area contributed by atoms with E-state index in [4.69, 9.17) is 9.47 Å². The fraction of sp³-hybridized carbons (Fsp3) is 0.500. The van der Waals surface area contributed by atoms with Gasteiger partial charge in [-0.05, 0) is 39.0 Å². The fourth-order valence-electron chi connectivity index (χ4n) is 3.46. The van der Waals surface area contributed by atoms with Crippen molar-refractivity contribution in [2.45, 2.75) is 37.6 Å². The van der Waals surface area contributed by atoms with Crippen molar-refractivity contribution in [3.63, 3.8) is 0 Å². The molecule has 0 N–H and O–H groups in total. The van der Waals surface area contributed by atoms with Gasteiger partial charge in [-0.3, -0.25) is 4.68 Å². The Labute approximate surface area is 164 Å². The quantitative estimate of drug-likeness (QED) is 0.728. The first-order valence-corrected chi connectivity index (χ1v) is 11.2. The third-order valence-electron chi connectivity index (χ3n) is 4.73. The number of aromatic nitrogens is 2. The minimum absolute atomic E-state index is 0.304. The van der Waals surface area contributed by atoms with E-state index in [-0.39, 0.29) is 5.37 Å². The van der Waals surface area contributed by atoms with E-state index in [9.17, 15) is 8.42 Å². The van der Waals surface area contributed by atoms with Gasteiger partial charge in [-0.15, -0.1) is 11.8 Å². The zero-order chi connectivity index (χ0) is 19.8. The molecule has 1 aromatic carbocycles. The second kappa shape index (κ2) is 7.73. The van der Waals surface area contributed by atoms with Crippen molar-refractivity contribution in [1.82, 2.24) is 14.1 Å². The van der Waals surface area contributed by atoms with Crippen molar-refractivity contribution in [1.29, 1.82) is 0 Å². The van der Waals surface area contributed by atoms with Crippen LogP contribution in [0.2, 0.25) is 0 Å². The van der Waals surface area contributed by atoms with Gasteiger partial charge in [0, 0.05) is 24.4 Å². The molecule has 0 amide bonds. The molecule has 7 nitrogen and oxygen atoms in total. The molecule has 0 aliphatic carbocycles. The molecule has 1 fully saturated rings. The highest BCUT2D eigenvalue weighted by Gasteiger charge is 2.40. The summed E-state index contributed by atoms with van der Waals surface area (Å²) in [6, 6.07) is 5.46. The first-order valence-electron chi connectivity index (χ1n) is 8.74. The average molecular weight is 412 g/mol. The molecule has 2 heterocycles. The van der Waals surface area contributed by atoms with E-state index in [1.165, 1.54) is 0 Å². The van der Waals surface area contributed by atoms with Crippen LogP contribution in [0.25, 0.3) is 0 Å². The highest BCUT2D eigenvalue weighted by atomic mass is 32.2. The van der Waals surface area contributed by atoms with Crippen LogP contribution in [-0.4, -0.2) is 49.0 Å². The molecule has 0 spiro atoms. The van der Waals surface area contributed by atoms with E-state index >= 15 is 0 Å². The number of benzene rings is 1. The lowest BCUT2D eigenvalue weighted by atomic mass is 10.2. The molecule has 1 unspecified atom stereocenters. The number of thioether (sulfide) groups is 1. The number of hydrogen-bond acceptors (Lipinski definition) is 6. The highest BCUT2D eigenvalue weighted by molar-refractivity contribution is 8.01. The van der Waals surface area contributed by atoms with Gasteiger partial charge in [-0.25, -0.2) is 8.42 Å². The number of hydrogen-bond donors (Lipinski definition) is 0. The van der Waals surface area contributed by atoms with E-state index in [2.05, 4.69) is 5.10 Å². The molecule has 1 aliphatic rings. The van der Waals surface area contributed by atoms with Crippen molar-refractivity contribution >= 4 is 21.8 Å². The smallest absolute Gasteiger partial charge is 0.248 e. The molecule has 1 aliphatic heterocycles. The Kier molecular flexibility index (Phi) is 5.73. The lowest BCUT2D eigenvalue weighted by Crippen LogP contribution is -2.31. The van der Waals surface area contributed by atoms with Gasteiger partial charge < -0.3 is 9.47 Å². The molecule has 148 valence electrons. The Morgan fingerprint density at radius 3 is 2.59 bits per heavy atom. The van der Waals surface area contributed by atoms with Gasteiger partial charge in [-0.2, -0.15) is 9.40 Å². The Balaban J connectivity index is 2.08. The maximum absolute atomic E-state index is 13.5. The predicted molar refractivity (Wildman–Crippen MR) is 106 cm³/mol. The van der Waals surface area contributed by atoms with Crippen LogP contribution in [0, 0.1) is 13.8 Å². The normalized spacial score (nSPS) is 18.0. The van der Waals surface area contributed by atoms with E-state index in [0.29, 0.717) is 46.6 Å². The largest absolute Gasteiger partial charge is 0.497 e. The molecule has 3 rings (SSSR count). The first kappa shape index (κ1) is 20.0. The van der Waals surface area contributed by atoms with Crippen LogP contribution in [0.15, 0.2) is 23.1 Å². The monoisotopic (exact) mass is 411 g/mol. The number of nitrogens with zero attached hydrogens (tertiary/aromatic N) is 3. The summed E-state index contributed by atoms with van der Waals surface area (Å²) < 4.78 is 41.2. The molecule has 0 bridgehead atoms. The van der Waals surface area contributed by atoms with Crippen molar-refractivity contribution in [2.75, 3.05) is 26.5 Å². The molecular formula is C18H25N3O4S2. The summed E-state index contributed by atoms with van der Waals surface area (Å²) in [7, 11) is -0.521. The van der Waals surface area contributed by atoms with Crippen molar-refractivity contribution in [3.05, 3.63) is 35.2 Å². The molecule has 1 aromatic heterocycles. The fourth-order valence-corrected chi connectivity index (χ4v) is 7.08. The lowest BCUT2D eigenvalue weighted by molar-refractivity contribution is 0.382. The second-order valence-corrected chi connectivity index (χ2v) is 9.28. The molecular weight excluding hydrogens is 386 g/mol. The van der Waals surface area contributed by atoms with E-state index < -0.39 is 10.0 Å². The predicted octanol–water partition coefficient (Wildman–Crippen LogP) is 2.97. The third-order valence-corrected chi connectivity index (χ3v) is 8.23. The summed E-state index contributed by atoms with van der Waals surface area (Å²) >= 11 is 1.58. The van der Waals surface area contributed by atoms with Crippen LogP contribution in [0.4, 0.5) is 0 Å². The van der Waals surface area contributed by atoms with Crippen molar-refractivity contribution in [2.24, 2.45) is 0 Å². The van der Waals surface area contributed by atoms with Gasteiger partial charge in [0.1, 0.15) is 16.4 Å². The van der Waals surface area contributed by atoms with Crippen LogP contribution < -0.4 is 9.47 Å². The van der Waals surface area contributed by atoms with Gasteiger partial charge in [0.15, 0.2) is 0 Å². The molecule has 27 heavy (non-hydrogen) atoms. The first-order chi connectivity index (χ1) is 12.8. The Bertz CT molecular complexity index is 940. The molecule has 0 radical (unpaired) electrons. The maximum atomic E-state index is 13.5. The van der Waals surface area contributed by atoms with E-state index in [1.54, 1.807) is 54.9 Å². The lowest BCUT2D eigenvalue weighted by Gasteiger charge is -2.25. The average Bonchev–Trinajstić information content (AvgIpc) is 3.26. The number of aryl methyl sites for hydroxylation is 2. The summed E-state index contributed by atoms with van der Waals surface area (Å²) in [6.45, 7) is 6.57. The zero-order valence-electron chi connectivity index (χ0n) is 16.2. The zero-order valence-corrected chi connectivity index (χ0v) is 17.9. The van der Waals surface area contributed by atoms with Crippen LogP contribution in [0.3, 0.4) is 0 Å². The molecule has 2 aromatic rings. The number of sulfonamides is 1. The standard InChI is InChI=1S/C18H25N3O4S2/c1-6-20-13(3)17(12(2)19-20)27(22,23)21-9-10-26-18(21)15-11-14(24-4)7-8-16(15)25-5/h7-8,11,18H,6,9-10H2,1-5H3. The van der Waals surface area contributed by atoms with E-state index in [0.717, 1.165) is 5.56 Å². The molecule has 1 atom stereocenters. The number of rotatable bonds is 6. The Hall–Kier alpha value is -1.71. The SMILES string of the molecule is CCn1nc(C)c(S(=O)(=O)N2CCSC2c2cc(OC)ccc2OC)c1C. The van der Waals surface area contributed by atoms with Crippen LogP contribution in [0.5, 0.6) is 11.5 Å². The summed E-state index contributed by atoms with van der Waals surface area (Å²) in [5.74, 6) is 2.03. The topological polar surface area (TPSA) is 73.7 Å². The van der Waals surface area contributed by atoms with Crippen LogP contribution in [-0.2, 0) is 16.6 Å². The third kappa shape index (κ3) is 3.43. The van der Waals surface area contributed by atoms with Crippen molar-refractivity contribution in [3.8, 4) is 11.5 Å². The van der Waals surface area contributed by atoms with Gasteiger partial charge in [0.25, 0.3) is 0 Å². The Morgan fingerprint density at radius 1 is 1.26 bits per heavy atom. The number of ether oxygens (including phenoxy) is 2. The second-order valence-electron chi connectivity index (χ2n) is 6.26. The van der Waals surface area contributed by atoms with Crippen molar-refractivity contribution < 1.29 is 17.9 Å².